The number of β-lactam (4-membered cyclic amide) rings is 1. The number of carbonyl (C=O) groups excluding carboxylic acids is 2. The number of hydrogen-bond donors (Lipinski definition) is 1. The van der Waals surface area contributed by atoms with E-state index in [-0.39, 0.29) is 59.0 Å². The molecule has 10 nitrogen and oxygen atoms in total. The number of carboxylic acids is 1. The summed E-state index contributed by atoms with van der Waals surface area (Å²) in [5, 5.41) is 21.4. The monoisotopic (exact) mass is 388 g/mol. The molecule has 26 heavy (non-hydrogen) atoms. The fraction of sp³-hybridized carbons (Fsp3) is 0.571. The summed E-state index contributed by atoms with van der Waals surface area (Å²) < 4.78 is 1.51. The summed E-state index contributed by atoms with van der Waals surface area (Å²) in [6.07, 6.45) is 0.550. The third-order valence-electron chi connectivity index (χ3n) is 5.01. The van der Waals surface area contributed by atoms with Crippen molar-refractivity contribution in [1.82, 2.24) is 30.0 Å². The third-order valence-corrected chi connectivity index (χ3v) is 6.11. The third kappa shape index (κ3) is 2.77. The summed E-state index contributed by atoms with van der Waals surface area (Å²) in [7, 11) is 1.71. The molecule has 0 radical (unpaired) electrons. The second kappa shape index (κ2) is 6.95. The normalized spacial score (nSPS) is 26.4. The van der Waals surface area contributed by atoms with Crippen LogP contribution in [0.2, 0.25) is 0 Å². The number of carboxylic acid groups (broad SMARTS) is 1. The molecule has 0 unspecified atom stereocenters. The Bertz CT molecular complexity index is 826. The zero-order valence-electron chi connectivity index (χ0n) is 13.6. The van der Waals surface area contributed by atoms with Crippen molar-refractivity contribution in [2.75, 3.05) is 12.3 Å². The molecule has 3 aliphatic rings. The van der Waals surface area contributed by atoms with Crippen molar-refractivity contribution in [1.29, 1.82) is 0 Å². The first-order chi connectivity index (χ1) is 11.9. The predicted octanol–water partition coefficient (Wildman–Crippen LogP) is -1.55. The van der Waals surface area contributed by atoms with Crippen LogP contribution < -0.4 is 0 Å². The van der Waals surface area contributed by atoms with Gasteiger partial charge in [-0.25, -0.2) is 9.48 Å². The second-order valence-electron chi connectivity index (χ2n) is 6.41. The average molecular weight is 388 g/mol. The van der Waals surface area contributed by atoms with Crippen LogP contribution >= 0.6 is 11.8 Å². The number of amides is 2. The maximum absolute atomic E-state index is 12.5. The van der Waals surface area contributed by atoms with E-state index in [1.54, 1.807) is 11.9 Å². The SMILES string of the molecule is CC(=O)N1C[C@H]2CC(CSc3nnnn3C)=C(C(=O)O)N3C(=O)[C@@H]1[C@@H]23.[NaH]. The molecule has 1 N–H and O–H groups in total. The van der Waals surface area contributed by atoms with Crippen molar-refractivity contribution in [3.63, 3.8) is 0 Å². The Morgan fingerprint density at radius 3 is 2.69 bits per heavy atom. The maximum atomic E-state index is 12.5. The van der Waals surface area contributed by atoms with E-state index in [1.807, 2.05) is 0 Å². The quantitative estimate of drug-likeness (QED) is 0.374. The molecule has 3 atom stereocenters. The Balaban J connectivity index is 0.00000196. The topological polar surface area (TPSA) is 122 Å². The van der Waals surface area contributed by atoms with E-state index in [1.165, 1.54) is 28.3 Å². The second-order valence-corrected chi connectivity index (χ2v) is 7.35. The molecule has 4 rings (SSSR count). The van der Waals surface area contributed by atoms with E-state index < -0.39 is 12.0 Å². The molecule has 0 aliphatic carbocycles. The molecule has 0 aromatic carbocycles. The minimum absolute atomic E-state index is 0. The van der Waals surface area contributed by atoms with Crippen molar-refractivity contribution in [2.45, 2.75) is 30.6 Å². The molecule has 3 aliphatic heterocycles. The number of thioether (sulfide) groups is 1. The molecule has 12 heteroatoms. The van der Waals surface area contributed by atoms with Gasteiger partial charge in [0.25, 0.3) is 5.91 Å². The number of aliphatic carboxylic acids is 1. The van der Waals surface area contributed by atoms with Gasteiger partial charge in [0.15, 0.2) is 0 Å². The van der Waals surface area contributed by atoms with Gasteiger partial charge in [0.2, 0.25) is 11.1 Å². The zero-order chi connectivity index (χ0) is 17.9. The summed E-state index contributed by atoms with van der Waals surface area (Å²) in [5.41, 5.74) is 0.731. The first-order valence-electron chi connectivity index (χ1n) is 7.81. The van der Waals surface area contributed by atoms with Crippen LogP contribution in [0.5, 0.6) is 0 Å². The molecular weight excluding hydrogens is 371 g/mol. The van der Waals surface area contributed by atoms with E-state index in [4.69, 9.17) is 0 Å². The van der Waals surface area contributed by atoms with E-state index in [9.17, 15) is 19.5 Å². The first kappa shape index (κ1) is 19.3. The molecule has 2 fully saturated rings. The van der Waals surface area contributed by atoms with Crippen LogP contribution in [0, 0.1) is 5.92 Å². The van der Waals surface area contributed by atoms with Crippen LogP contribution in [0.3, 0.4) is 0 Å². The number of aromatic nitrogens is 4. The van der Waals surface area contributed by atoms with Crippen LogP contribution in [0.25, 0.3) is 0 Å². The van der Waals surface area contributed by atoms with Gasteiger partial charge in [0, 0.05) is 32.2 Å². The van der Waals surface area contributed by atoms with Crippen LogP contribution in [0.1, 0.15) is 13.3 Å². The number of nitrogens with zero attached hydrogens (tertiary/aromatic N) is 6. The Hall–Kier alpha value is -1.43. The number of likely N-dealkylation sites (tertiary alicyclic amines) is 1. The van der Waals surface area contributed by atoms with Gasteiger partial charge in [-0.2, -0.15) is 0 Å². The van der Waals surface area contributed by atoms with Crippen LogP contribution in [-0.2, 0) is 21.4 Å². The van der Waals surface area contributed by atoms with Crippen LogP contribution in [0.15, 0.2) is 16.4 Å². The molecule has 0 bridgehead atoms. The van der Waals surface area contributed by atoms with E-state index in [0.29, 0.717) is 29.4 Å². The summed E-state index contributed by atoms with van der Waals surface area (Å²) in [6.45, 7) is 1.93. The summed E-state index contributed by atoms with van der Waals surface area (Å²) in [4.78, 5) is 39.0. The van der Waals surface area contributed by atoms with Gasteiger partial charge >= 0.3 is 35.5 Å². The summed E-state index contributed by atoms with van der Waals surface area (Å²) >= 11 is 1.33. The molecule has 4 heterocycles. The Morgan fingerprint density at radius 1 is 1.38 bits per heavy atom. The van der Waals surface area contributed by atoms with Crippen molar-refractivity contribution < 1.29 is 19.5 Å². The number of aryl methyl sites for hydroxylation is 1. The Labute approximate surface area is 175 Å². The van der Waals surface area contributed by atoms with Gasteiger partial charge in [-0.05, 0) is 22.4 Å². The van der Waals surface area contributed by atoms with Gasteiger partial charge in [0.1, 0.15) is 11.7 Å². The summed E-state index contributed by atoms with van der Waals surface area (Å²) in [5.74, 6) is -1.11. The van der Waals surface area contributed by atoms with Gasteiger partial charge in [-0.3, -0.25) is 14.5 Å². The predicted molar refractivity (Wildman–Crippen MR) is 91.2 cm³/mol. The van der Waals surface area contributed by atoms with Crippen molar-refractivity contribution >= 4 is 59.1 Å². The molecule has 0 saturated carbocycles. The Morgan fingerprint density at radius 2 is 2.12 bits per heavy atom. The molecule has 134 valence electrons. The van der Waals surface area contributed by atoms with Gasteiger partial charge in [0.05, 0.1) is 6.04 Å². The zero-order valence-corrected chi connectivity index (χ0v) is 14.4. The van der Waals surface area contributed by atoms with E-state index >= 15 is 0 Å². The molecule has 1 aromatic heterocycles. The molecule has 1 aromatic rings. The fourth-order valence-electron chi connectivity index (χ4n) is 3.98. The van der Waals surface area contributed by atoms with Crippen molar-refractivity contribution in [3.05, 3.63) is 11.3 Å². The molecule has 2 amide bonds. The van der Waals surface area contributed by atoms with Gasteiger partial charge < -0.3 is 10.0 Å². The molecular formula is C14H17N6NaO4S. The Kier molecular flexibility index (Phi) is 5.17. The standard InChI is InChI=1S/C14H16N6O4S.Na.H/c1-6(21)19-4-7-3-8(5-25-14-15-16-17-18(14)2)10(13(23)24)20-9(7)11(19)12(20)22;;/h7,9,11H,3-5H2,1-2H3,(H,23,24);;/t7-,9-,11+;;/m1../s1. The van der Waals surface area contributed by atoms with Gasteiger partial charge in [-0.1, -0.05) is 11.8 Å². The number of tetrazole rings is 1. The molecule has 0 spiro atoms. The average Bonchev–Trinajstić information content (AvgIpc) is 3.12. The number of rotatable bonds is 4. The number of carbonyl (C=O) groups is 3. The van der Waals surface area contributed by atoms with E-state index in [0.717, 1.165) is 0 Å². The van der Waals surface area contributed by atoms with Crippen LogP contribution in [-0.4, -0.2) is 107 Å². The first-order valence-corrected chi connectivity index (χ1v) is 8.79. The number of hydrogen-bond acceptors (Lipinski definition) is 7. The van der Waals surface area contributed by atoms with Gasteiger partial charge in [-0.15, -0.1) is 5.10 Å². The molecule has 2 saturated heterocycles. The summed E-state index contributed by atoms with van der Waals surface area (Å²) in [6, 6.07) is -0.721. The van der Waals surface area contributed by atoms with Crippen LogP contribution in [0.4, 0.5) is 0 Å². The van der Waals surface area contributed by atoms with E-state index in [2.05, 4.69) is 15.5 Å². The minimum atomic E-state index is -1.11. The fourth-order valence-corrected chi connectivity index (χ4v) is 4.86. The van der Waals surface area contributed by atoms with Crippen molar-refractivity contribution in [2.24, 2.45) is 13.0 Å². The van der Waals surface area contributed by atoms with Crippen molar-refractivity contribution in [3.8, 4) is 0 Å².